The van der Waals surface area contributed by atoms with Crippen molar-refractivity contribution in [2.45, 2.75) is 59.0 Å². The molecule has 0 spiro atoms. The topological polar surface area (TPSA) is 12.0 Å². The zero-order valence-corrected chi connectivity index (χ0v) is 12.2. The molecule has 1 heteroatoms. The minimum atomic E-state index is 0.465. The molecule has 0 heterocycles. The molecular formula is C17H27N. The van der Waals surface area contributed by atoms with Gasteiger partial charge in [-0.15, -0.1) is 0 Å². The molecule has 1 N–H and O–H groups in total. The van der Waals surface area contributed by atoms with E-state index in [4.69, 9.17) is 0 Å². The molecule has 0 aromatic heterocycles. The molecule has 2 rings (SSSR count). The van der Waals surface area contributed by atoms with Gasteiger partial charge in [-0.1, -0.05) is 38.1 Å². The molecule has 0 aliphatic heterocycles. The van der Waals surface area contributed by atoms with E-state index >= 15 is 0 Å². The molecule has 0 saturated heterocycles. The number of benzene rings is 1. The van der Waals surface area contributed by atoms with Crippen LogP contribution in [0.2, 0.25) is 0 Å². The number of nitrogens with one attached hydrogen (secondary N) is 1. The molecule has 3 unspecified atom stereocenters. The zero-order valence-electron chi connectivity index (χ0n) is 12.2. The summed E-state index contributed by atoms with van der Waals surface area (Å²) in [6.07, 6.45) is 4.08. The van der Waals surface area contributed by atoms with Gasteiger partial charge in [0, 0.05) is 12.1 Å². The molecule has 0 amide bonds. The number of rotatable bonds is 3. The maximum Gasteiger partial charge on any atom is 0.0297 e. The molecule has 1 aromatic rings. The lowest BCUT2D eigenvalue weighted by molar-refractivity contribution is 0.216. The average molecular weight is 245 g/mol. The van der Waals surface area contributed by atoms with E-state index in [1.807, 2.05) is 0 Å². The van der Waals surface area contributed by atoms with E-state index < -0.39 is 0 Å². The van der Waals surface area contributed by atoms with Gasteiger partial charge in [-0.3, -0.25) is 0 Å². The molecule has 4 atom stereocenters. The highest BCUT2D eigenvalue weighted by atomic mass is 15.0. The van der Waals surface area contributed by atoms with Gasteiger partial charge in [0.25, 0.3) is 0 Å². The molecule has 1 fully saturated rings. The second-order valence-corrected chi connectivity index (χ2v) is 6.25. The van der Waals surface area contributed by atoms with Gasteiger partial charge in [0.05, 0.1) is 0 Å². The fourth-order valence-electron chi connectivity index (χ4n) is 3.40. The SMILES string of the molecule is Cc1ccccc1[C@H](C)NC1CCC(C)CC1C. The summed E-state index contributed by atoms with van der Waals surface area (Å²) in [6.45, 7) is 9.29. The van der Waals surface area contributed by atoms with E-state index in [1.54, 1.807) is 0 Å². The van der Waals surface area contributed by atoms with Gasteiger partial charge >= 0.3 is 0 Å². The average Bonchev–Trinajstić information content (AvgIpc) is 2.33. The molecule has 1 aliphatic carbocycles. The summed E-state index contributed by atoms with van der Waals surface area (Å²) in [7, 11) is 0. The Morgan fingerprint density at radius 2 is 1.89 bits per heavy atom. The Hall–Kier alpha value is -0.820. The Morgan fingerprint density at radius 1 is 1.17 bits per heavy atom. The maximum absolute atomic E-state index is 3.85. The van der Waals surface area contributed by atoms with Crippen LogP contribution in [0.1, 0.15) is 57.2 Å². The van der Waals surface area contributed by atoms with E-state index in [0.717, 1.165) is 11.8 Å². The van der Waals surface area contributed by atoms with Crippen molar-refractivity contribution in [3.05, 3.63) is 35.4 Å². The Labute approximate surface area is 112 Å². The zero-order chi connectivity index (χ0) is 13.1. The van der Waals surface area contributed by atoms with Crippen LogP contribution in [-0.2, 0) is 0 Å². The summed E-state index contributed by atoms with van der Waals surface area (Å²) in [5.41, 5.74) is 2.85. The van der Waals surface area contributed by atoms with Crippen LogP contribution < -0.4 is 5.32 Å². The highest BCUT2D eigenvalue weighted by Gasteiger charge is 2.26. The van der Waals surface area contributed by atoms with Gasteiger partial charge in [-0.25, -0.2) is 0 Å². The molecule has 0 bridgehead atoms. The summed E-state index contributed by atoms with van der Waals surface area (Å²) < 4.78 is 0. The third-order valence-corrected chi connectivity index (χ3v) is 4.55. The minimum absolute atomic E-state index is 0.465. The fourth-order valence-corrected chi connectivity index (χ4v) is 3.40. The van der Waals surface area contributed by atoms with Crippen molar-refractivity contribution < 1.29 is 0 Å². The van der Waals surface area contributed by atoms with E-state index in [9.17, 15) is 0 Å². The van der Waals surface area contributed by atoms with Crippen LogP contribution in [0.5, 0.6) is 0 Å². The summed E-state index contributed by atoms with van der Waals surface area (Å²) in [5, 5.41) is 3.85. The van der Waals surface area contributed by atoms with Gasteiger partial charge in [0.15, 0.2) is 0 Å². The quantitative estimate of drug-likeness (QED) is 0.828. The second kappa shape index (κ2) is 5.88. The van der Waals surface area contributed by atoms with E-state index in [-0.39, 0.29) is 0 Å². The first-order valence-electron chi connectivity index (χ1n) is 7.39. The predicted octanol–water partition coefficient (Wildman–Crippen LogP) is 4.47. The number of hydrogen-bond acceptors (Lipinski definition) is 1. The van der Waals surface area contributed by atoms with Gasteiger partial charge in [0.1, 0.15) is 0 Å². The van der Waals surface area contributed by atoms with Crippen LogP contribution in [0.3, 0.4) is 0 Å². The Bertz CT molecular complexity index is 385. The third kappa shape index (κ3) is 3.14. The van der Waals surface area contributed by atoms with Crippen molar-refractivity contribution >= 4 is 0 Å². The Kier molecular flexibility index (Phi) is 4.45. The third-order valence-electron chi connectivity index (χ3n) is 4.55. The normalized spacial score (nSPS) is 30.1. The lowest BCUT2D eigenvalue weighted by Gasteiger charge is -2.35. The molecule has 1 saturated carbocycles. The smallest absolute Gasteiger partial charge is 0.0297 e. The van der Waals surface area contributed by atoms with E-state index in [2.05, 4.69) is 57.3 Å². The molecular weight excluding hydrogens is 218 g/mol. The highest BCUT2D eigenvalue weighted by Crippen LogP contribution is 2.30. The summed E-state index contributed by atoms with van der Waals surface area (Å²) in [5.74, 6) is 1.71. The molecule has 1 aromatic carbocycles. The summed E-state index contributed by atoms with van der Waals surface area (Å²) >= 11 is 0. The van der Waals surface area contributed by atoms with E-state index in [1.165, 1.54) is 30.4 Å². The Balaban J connectivity index is 1.99. The fraction of sp³-hybridized carbons (Fsp3) is 0.647. The molecule has 100 valence electrons. The van der Waals surface area contributed by atoms with Crippen molar-refractivity contribution in [2.75, 3.05) is 0 Å². The number of aryl methyl sites for hydroxylation is 1. The van der Waals surface area contributed by atoms with Gasteiger partial charge < -0.3 is 5.32 Å². The van der Waals surface area contributed by atoms with Crippen LogP contribution in [0.25, 0.3) is 0 Å². The minimum Gasteiger partial charge on any atom is -0.307 e. The van der Waals surface area contributed by atoms with Gasteiger partial charge in [-0.05, 0) is 56.1 Å². The molecule has 1 nitrogen and oxygen atoms in total. The van der Waals surface area contributed by atoms with Crippen molar-refractivity contribution in [2.24, 2.45) is 11.8 Å². The molecule has 0 radical (unpaired) electrons. The largest absolute Gasteiger partial charge is 0.307 e. The standard InChI is InChI=1S/C17H27N/c1-12-9-10-17(14(3)11-12)18-15(4)16-8-6-5-7-13(16)2/h5-8,12,14-15,17-18H,9-11H2,1-4H3/t12?,14?,15-,17?/m0/s1. The predicted molar refractivity (Wildman–Crippen MR) is 78.7 cm³/mol. The van der Waals surface area contributed by atoms with Crippen molar-refractivity contribution in [3.63, 3.8) is 0 Å². The van der Waals surface area contributed by atoms with Crippen molar-refractivity contribution in [1.82, 2.24) is 5.32 Å². The van der Waals surface area contributed by atoms with Crippen molar-refractivity contribution in [1.29, 1.82) is 0 Å². The lowest BCUT2D eigenvalue weighted by atomic mass is 9.79. The highest BCUT2D eigenvalue weighted by molar-refractivity contribution is 5.28. The van der Waals surface area contributed by atoms with Crippen LogP contribution >= 0.6 is 0 Å². The summed E-state index contributed by atoms with van der Waals surface area (Å²) in [4.78, 5) is 0. The first kappa shape index (κ1) is 13.6. The van der Waals surface area contributed by atoms with E-state index in [0.29, 0.717) is 12.1 Å². The maximum atomic E-state index is 3.85. The second-order valence-electron chi connectivity index (χ2n) is 6.25. The van der Waals surface area contributed by atoms with Gasteiger partial charge in [-0.2, -0.15) is 0 Å². The number of hydrogen-bond donors (Lipinski definition) is 1. The first-order valence-corrected chi connectivity index (χ1v) is 7.39. The van der Waals surface area contributed by atoms with Crippen LogP contribution in [0, 0.1) is 18.8 Å². The molecule has 1 aliphatic rings. The van der Waals surface area contributed by atoms with Crippen LogP contribution in [-0.4, -0.2) is 6.04 Å². The monoisotopic (exact) mass is 245 g/mol. The van der Waals surface area contributed by atoms with Crippen LogP contribution in [0.15, 0.2) is 24.3 Å². The van der Waals surface area contributed by atoms with Gasteiger partial charge in [0.2, 0.25) is 0 Å². The lowest BCUT2D eigenvalue weighted by Crippen LogP contribution is -2.40. The Morgan fingerprint density at radius 3 is 2.56 bits per heavy atom. The van der Waals surface area contributed by atoms with Crippen molar-refractivity contribution in [3.8, 4) is 0 Å². The van der Waals surface area contributed by atoms with Crippen LogP contribution in [0.4, 0.5) is 0 Å². The summed E-state index contributed by atoms with van der Waals surface area (Å²) in [6, 6.07) is 9.88. The molecule has 18 heavy (non-hydrogen) atoms. The first-order chi connectivity index (χ1) is 8.58.